The highest BCUT2D eigenvalue weighted by Gasteiger charge is 2.55. The number of hydrogen-bond acceptors (Lipinski definition) is 4. The van der Waals surface area contributed by atoms with E-state index in [2.05, 4.69) is 17.2 Å². The molecule has 6 atom stereocenters. The Balaban J connectivity index is 1.13. The summed E-state index contributed by atoms with van der Waals surface area (Å²) in [7, 11) is 0. The van der Waals surface area contributed by atoms with E-state index in [-0.39, 0.29) is 5.91 Å². The van der Waals surface area contributed by atoms with Crippen molar-refractivity contribution in [1.29, 1.82) is 0 Å². The van der Waals surface area contributed by atoms with Crippen LogP contribution in [0.3, 0.4) is 0 Å². The number of carbonyl (C=O) groups is 1. The fourth-order valence-electron chi connectivity index (χ4n) is 7.74. The molecule has 0 aliphatic heterocycles. The van der Waals surface area contributed by atoms with Gasteiger partial charge in [0.05, 0.1) is 24.6 Å². The molecular weight excluding hydrogens is 414 g/mol. The fraction of sp³-hybridized carbons (Fsp3) is 0.630. The standard InChI is InChI=1S/C27H35N3O3/c28-27(31)23-5-2-1-4-22(23)25-19-12-18-13-20(15-19)26(24(25)14-18)33-21-8-6-17(7-9-21)16-32-30-11-3-10-29-30/h1-5,10-11,17-21,24-26H,6-9,12-16H2,(H2,28,31). The first-order valence-corrected chi connectivity index (χ1v) is 12.8. The molecular formula is C27H35N3O3. The van der Waals surface area contributed by atoms with Gasteiger partial charge in [-0.2, -0.15) is 0 Å². The number of amides is 1. The van der Waals surface area contributed by atoms with Crippen molar-refractivity contribution in [2.45, 2.75) is 69.5 Å². The predicted molar refractivity (Wildman–Crippen MR) is 124 cm³/mol. The molecule has 5 aliphatic rings. The van der Waals surface area contributed by atoms with E-state index >= 15 is 0 Å². The van der Waals surface area contributed by atoms with Gasteiger partial charge in [0.1, 0.15) is 6.61 Å². The van der Waals surface area contributed by atoms with Gasteiger partial charge in [-0.25, -0.2) is 0 Å². The SMILES string of the molecule is NC(=O)c1ccccc1C1C2CC3CC(C2)C(OC2CCC(COn4cccn4)CC2)C1C3. The van der Waals surface area contributed by atoms with Gasteiger partial charge in [0.15, 0.2) is 0 Å². The molecule has 4 bridgehead atoms. The van der Waals surface area contributed by atoms with Gasteiger partial charge in [-0.3, -0.25) is 4.79 Å². The molecule has 7 rings (SSSR count). The molecule has 0 saturated heterocycles. The Labute approximate surface area is 195 Å². The van der Waals surface area contributed by atoms with Gasteiger partial charge in [-0.1, -0.05) is 18.2 Å². The van der Waals surface area contributed by atoms with E-state index in [1.165, 1.54) is 31.2 Å². The van der Waals surface area contributed by atoms with Gasteiger partial charge < -0.3 is 15.3 Å². The van der Waals surface area contributed by atoms with E-state index in [0.29, 0.717) is 47.4 Å². The number of primary amides is 1. The first-order chi connectivity index (χ1) is 16.2. The van der Waals surface area contributed by atoms with Crippen LogP contribution in [0.2, 0.25) is 0 Å². The Morgan fingerprint density at radius 3 is 2.64 bits per heavy atom. The third kappa shape index (κ3) is 4.07. The van der Waals surface area contributed by atoms with Crippen molar-refractivity contribution < 1.29 is 14.4 Å². The molecule has 1 aromatic heterocycles. The van der Waals surface area contributed by atoms with Gasteiger partial charge in [-0.05, 0) is 105 Å². The molecule has 5 fully saturated rings. The van der Waals surface area contributed by atoms with Gasteiger partial charge in [0, 0.05) is 5.56 Å². The summed E-state index contributed by atoms with van der Waals surface area (Å²) in [6.07, 6.45) is 13.9. The van der Waals surface area contributed by atoms with E-state index in [4.69, 9.17) is 15.3 Å². The van der Waals surface area contributed by atoms with Crippen LogP contribution < -0.4 is 10.6 Å². The number of carbonyl (C=O) groups excluding carboxylic acids is 1. The van der Waals surface area contributed by atoms with E-state index < -0.39 is 0 Å². The Morgan fingerprint density at radius 2 is 1.85 bits per heavy atom. The normalized spacial score (nSPS) is 37.2. The largest absolute Gasteiger partial charge is 0.396 e. The predicted octanol–water partition coefficient (Wildman–Crippen LogP) is 4.20. The average Bonchev–Trinajstić information content (AvgIpc) is 3.34. The number of nitrogens with zero attached hydrogens (tertiary/aromatic N) is 2. The lowest BCUT2D eigenvalue weighted by Gasteiger charge is -2.59. The lowest BCUT2D eigenvalue weighted by molar-refractivity contribution is -0.168. The van der Waals surface area contributed by atoms with Crippen LogP contribution in [0.4, 0.5) is 0 Å². The monoisotopic (exact) mass is 449 g/mol. The number of hydrogen-bond donors (Lipinski definition) is 1. The van der Waals surface area contributed by atoms with Crippen LogP contribution in [-0.4, -0.2) is 34.7 Å². The second-order valence-electron chi connectivity index (χ2n) is 10.9. The zero-order valence-corrected chi connectivity index (χ0v) is 19.2. The van der Waals surface area contributed by atoms with Crippen molar-refractivity contribution in [3.8, 4) is 0 Å². The summed E-state index contributed by atoms with van der Waals surface area (Å²) >= 11 is 0. The molecule has 1 heterocycles. The fourth-order valence-corrected chi connectivity index (χ4v) is 7.74. The molecule has 0 radical (unpaired) electrons. The molecule has 5 aliphatic carbocycles. The Kier molecular flexibility index (Phi) is 5.65. The van der Waals surface area contributed by atoms with Crippen LogP contribution in [0.25, 0.3) is 0 Å². The third-order valence-corrected chi connectivity index (χ3v) is 8.99. The maximum atomic E-state index is 12.2. The number of ether oxygens (including phenoxy) is 1. The smallest absolute Gasteiger partial charge is 0.248 e. The van der Waals surface area contributed by atoms with E-state index in [9.17, 15) is 4.79 Å². The quantitative estimate of drug-likeness (QED) is 0.687. The first-order valence-electron chi connectivity index (χ1n) is 12.8. The molecule has 6 unspecified atom stereocenters. The first kappa shape index (κ1) is 21.2. The number of benzene rings is 1. The van der Waals surface area contributed by atoms with Crippen LogP contribution in [0.1, 0.15) is 73.2 Å². The minimum Gasteiger partial charge on any atom is -0.396 e. The lowest BCUT2D eigenvalue weighted by Crippen LogP contribution is -2.54. The molecule has 2 aromatic rings. The zero-order valence-electron chi connectivity index (χ0n) is 19.2. The molecule has 1 aromatic carbocycles. The molecule has 0 spiro atoms. The second-order valence-corrected chi connectivity index (χ2v) is 10.9. The van der Waals surface area contributed by atoms with Gasteiger partial charge in [-0.15, -0.1) is 9.94 Å². The van der Waals surface area contributed by atoms with Crippen LogP contribution >= 0.6 is 0 Å². The van der Waals surface area contributed by atoms with E-state index in [0.717, 1.165) is 38.2 Å². The van der Waals surface area contributed by atoms with Crippen LogP contribution in [0.5, 0.6) is 0 Å². The van der Waals surface area contributed by atoms with Gasteiger partial charge in [0.2, 0.25) is 5.91 Å². The highest BCUT2D eigenvalue weighted by atomic mass is 16.7. The van der Waals surface area contributed by atoms with E-state index in [1.807, 2.05) is 24.4 Å². The summed E-state index contributed by atoms with van der Waals surface area (Å²) in [6, 6.07) is 9.93. The molecule has 33 heavy (non-hydrogen) atoms. The number of nitrogens with two attached hydrogens (primary N) is 1. The Bertz CT molecular complexity index is 969. The third-order valence-electron chi connectivity index (χ3n) is 8.99. The summed E-state index contributed by atoms with van der Waals surface area (Å²) in [5.41, 5.74) is 7.66. The molecule has 6 nitrogen and oxygen atoms in total. The minimum atomic E-state index is -0.299. The molecule has 176 valence electrons. The van der Waals surface area contributed by atoms with Crippen LogP contribution in [-0.2, 0) is 4.74 Å². The molecule has 5 saturated carbocycles. The highest BCUT2D eigenvalue weighted by Crippen LogP contribution is 2.61. The van der Waals surface area contributed by atoms with Crippen molar-refractivity contribution in [2.75, 3.05) is 6.61 Å². The lowest BCUT2D eigenvalue weighted by atomic mass is 9.49. The molecule has 6 heteroatoms. The van der Waals surface area contributed by atoms with Crippen molar-refractivity contribution in [3.63, 3.8) is 0 Å². The van der Waals surface area contributed by atoms with E-state index in [1.54, 1.807) is 11.0 Å². The Morgan fingerprint density at radius 1 is 1.03 bits per heavy atom. The summed E-state index contributed by atoms with van der Waals surface area (Å²) < 4.78 is 6.94. The summed E-state index contributed by atoms with van der Waals surface area (Å²) in [6.45, 7) is 0.721. The van der Waals surface area contributed by atoms with Crippen LogP contribution in [0.15, 0.2) is 42.7 Å². The summed E-state index contributed by atoms with van der Waals surface area (Å²) in [5.74, 6) is 3.39. The number of rotatable bonds is 7. The average molecular weight is 450 g/mol. The molecule has 2 N–H and O–H groups in total. The summed E-state index contributed by atoms with van der Waals surface area (Å²) in [4.78, 5) is 19.5. The van der Waals surface area contributed by atoms with Crippen molar-refractivity contribution in [1.82, 2.24) is 9.94 Å². The van der Waals surface area contributed by atoms with Crippen molar-refractivity contribution >= 4 is 5.91 Å². The second kappa shape index (κ2) is 8.79. The topological polar surface area (TPSA) is 79.4 Å². The Hall–Kier alpha value is -2.34. The van der Waals surface area contributed by atoms with Crippen LogP contribution in [0, 0.1) is 29.6 Å². The van der Waals surface area contributed by atoms with Gasteiger partial charge in [0.25, 0.3) is 0 Å². The highest BCUT2D eigenvalue weighted by molar-refractivity contribution is 5.94. The minimum absolute atomic E-state index is 0.299. The van der Waals surface area contributed by atoms with Crippen molar-refractivity contribution in [2.24, 2.45) is 35.3 Å². The molecule has 1 amide bonds. The maximum Gasteiger partial charge on any atom is 0.248 e. The number of aromatic nitrogens is 2. The maximum absolute atomic E-state index is 12.2. The zero-order chi connectivity index (χ0) is 22.4. The van der Waals surface area contributed by atoms with Crippen molar-refractivity contribution in [3.05, 3.63) is 53.9 Å². The summed E-state index contributed by atoms with van der Waals surface area (Å²) in [5, 5.41) is 4.12. The van der Waals surface area contributed by atoms with Gasteiger partial charge >= 0.3 is 0 Å².